The number of carboxylic acids is 1. The molecule has 86 valence electrons. The average molecular weight is 229 g/mol. The lowest BCUT2D eigenvalue weighted by Gasteiger charge is -2.31. The molecular formula is C11H19NO2S. The molecule has 0 saturated carbocycles. The van der Waals surface area contributed by atoms with Gasteiger partial charge in [-0.2, -0.15) is 11.8 Å². The summed E-state index contributed by atoms with van der Waals surface area (Å²) < 4.78 is 0. The minimum atomic E-state index is -0.622. The third-order valence-corrected chi connectivity index (χ3v) is 5.19. The first-order valence-electron chi connectivity index (χ1n) is 5.71. The number of likely N-dealkylation sites (tertiary alicyclic amines) is 1. The quantitative estimate of drug-likeness (QED) is 0.782. The Balaban J connectivity index is 2.03. The zero-order valence-corrected chi connectivity index (χ0v) is 10.2. The maximum absolute atomic E-state index is 11.0. The lowest BCUT2D eigenvalue weighted by atomic mass is 10.0. The minimum Gasteiger partial charge on any atom is -0.481 e. The van der Waals surface area contributed by atoms with E-state index in [1.807, 2.05) is 11.8 Å². The van der Waals surface area contributed by atoms with Crippen molar-refractivity contribution in [2.45, 2.75) is 44.0 Å². The number of carboxylic acid groups (broad SMARTS) is 1. The minimum absolute atomic E-state index is 0.150. The molecule has 4 unspecified atom stereocenters. The van der Waals surface area contributed by atoms with E-state index in [-0.39, 0.29) is 12.0 Å². The Kier molecular flexibility index (Phi) is 3.26. The van der Waals surface area contributed by atoms with E-state index in [0.29, 0.717) is 11.3 Å². The number of hydrogen-bond acceptors (Lipinski definition) is 3. The average Bonchev–Trinajstić information content (AvgIpc) is 2.71. The van der Waals surface area contributed by atoms with E-state index in [1.54, 1.807) is 0 Å². The molecule has 2 saturated heterocycles. The summed E-state index contributed by atoms with van der Waals surface area (Å²) >= 11 is 2.01. The molecule has 0 bridgehead atoms. The molecule has 2 heterocycles. The summed E-state index contributed by atoms with van der Waals surface area (Å²) in [5.74, 6) is 0.457. The standard InChI is InChI=1S/C11H19NO2S/c1-7-9(11(13)14)3-5-12(7)10-4-6-15-8(10)2/h7-10H,3-6H2,1-2H3,(H,13,14). The summed E-state index contributed by atoms with van der Waals surface area (Å²) in [5.41, 5.74) is 0. The highest BCUT2D eigenvalue weighted by Gasteiger charge is 2.41. The molecule has 2 fully saturated rings. The highest BCUT2D eigenvalue weighted by atomic mass is 32.2. The summed E-state index contributed by atoms with van der Waals surface area (Å²) in [4.78, 5) is 13.4. The number of aliphatic carboxylic acids is 1. The van der Waals surface area contributed by atoms with E-state index in [1.165, 1.54) is 12.2 Å². The SMILES string of the molecule is CC1SCCC1N1CCC(C(=O)O)C1C. The number of carbonyl (C=O) groups is 1. The number of thioether (sulfide) groups is 1. The monoisotopic (exact) mass is 229 g/mol. The molecular weight excluding hydrogens is 210 g/mol. The Bertz CT molecular complexity index is 259. The molecule has 4 atom stereocenters. The normalized spacial score (nSPS) is 42.3. The maximum Gasteiger partial charge on any atom is 0.308 e. The Labute approximate surface area is 95.2 Å². The van der Waals surface area contributed by atoms with Crippen molar-refractivity contribution in [1.82, 2.24) is 4.90 Å². The predicted molar refractivity (Wildman–Crippen MR) is 62.2 cm³/mol. The van der Waals surface area contributed by atoms with Gasteiger partial charge >= 0.3 is 5.97 Å². The maximum atomic E-state index is 11.0. The second-order valence-electron chi connectivity index (χ2n) is 4.64. The van der Waals surface area contributed by atoms with E-state index in [0.717, 1.165) is 13.0 Å². The van der Waals surface area contributed by atoms with Gasteiger partial charge in [-0.15, -0.1) is 0 Å². The van der Waals surface area contributed by atoms with Crippen LogP contribution in [0.1, 0.15) is 26.7 Å². The molecule has 3 nitrogen and oxygen atoms in total. The van der Waals surface area contributed by atoms with Gasteiger partial charge in [0.1, 0.15) is 0 Å². The molecule has 2 aliphatic heterocycles. The molecule has 0 amide bonds. The summed E-state index contributed by atoms with van der Waals surface area (Å²) in [6, 6.07) is 0.822. The molecule has 0 spiro atoms. The summed E-state index contributed by atoms with van der Waals surface area (Å²) in [6.07, 6.45) is 2.05. The number of rotatable bonds is 2. The fourth-order valence-electron chi connectivity index (χ4n) is 2.92. The summed E-state index contributed by atoms with van der Waals surface area (Å²) in [7, 11) is 0. The van der Waals surface area contributed by atoms with Crippen molar-refractivity contribution >= 4 is 17.7 Å². The highest BCUT2D eigenvalue weighted by molar-refractivity contribution is 8.00. The van der Waals surface area contributed by atoms with Crippen molar-refractivity contribution in [3.05, 3.63) is 0 Å². The number of hydrogen-bond donors (Lipinski definition) is 1. The Morgan fingerprint density at radius 2 is 2.13 bits per heavy atom. The van der Waals surface area contributed by atoms with E-state index in [4.69, 9.17) is 5.11 Å². The van der Waals surface area contributed by atoms with E-state index >= 15 is 0 Å². The Morgan fingerprint density at radius 3 is 2.60 bits per heavy atom. The van der Waals surface area contributed by atoms with Crippen molar-refractivity contribution in [3.8, 4) is 0 Å². The van der Waals surface area contributed by atoms with Crippen LogP contribution >= 0.6 is 11.8 Å². The molecule has 0 aromatic carbocycles. The van der Waals surface area contributed by atoms with Crippen LogP contribution in [0, 0.1) is 5.92 Å². The van der Waals surface area contributed by atoms with Crippen LogP contribution in [0.2, 0.25) is 0 Å². The van der Waals surface area contributed by atoms with Crippen molar-refractivity contribution in [1.29, 1.82) is 0 Å². The summed E-state index contributed by atoms with van der Waals surface area (Å²) in [5, 5.41) is 9.74. The zero-order valence-electron chi connectivity index (χ0n) is 9.35. The lowest BCUT2D eigenvalue weighted by molar-refractivity contribution is -0.142. The fraction of sp³-hybridized carbons (Fsp3) is 0.909. The molecule has 2 aliphatic rings. The largest absolute Gasteiger partial charge is 0.481 e. The van der Waals surface area contributed by atoms with Crippen LogP contribution in [-0.4, -0.2) is 45.6 Å². The third-order valence-electron chi connectivity index (χ3n) is 3.88. The molecule has 15 heavy (non-hydrogen) atoms. The van der Waals surface area contributed by atoms with Crippen molar-refractivity contribution < 1.29 is 9.90 Å². The lowest BCUT2D eigenvalue weighted by Crippen LogP contribution is -2.43. The van der Waals surface area contributed by atoms with Gasteiger partial charge < -0.3 is 5.11 Å². The van der Waals surface area contributed by atoms with Crippen LogP contribution in [0.4, 0.5) is 0 Å². The van der Waals surface area contributed by atoms with Gasteiger partial charge in [0.25, 0.3) is 0 Å². The van der Waals surface area contributed by atoms with Gasteiger partial charge in [0.05, 0.1) is 5.92 Å². The van der Waals surface area contributed by atoms with Gasteiger partial charge in [-0.25, -0.2) is 0 Å². The molecule has 0 aromatic rings. The van der Waals surface area contributed by atoms with Gasteiger partial charge in [0.2, 0.25) is 0 Å². The van der Waals surface area contributed by atoms with Gasteiger partial charge in [-0.1, -0.05) is 6.92 Å². The van der Waals surface area contributed by atoms with Gasteiger partial charge in [-0.05, 0) is 32.1 Å². The van der Waals surface area contributed by atoms with Crippen LogP contribution in [0.3, 0.4) is 0 Å². The Morgan fingerprint density at radius 1 is 1.40 bits per heavy atom. The highest BCUT2D eigenvalue weighted by Crippen LogP contribution is 2.36. The van der Waals surface area contributed by atoms with Crippen LogP contribution in [0.15, 0.2) is 0 Å². The summed E-state index contributed by atoms with van der Waals surface area (Å²) in [6.45, 7) is 5.30. The molecule has 0 aliphatic carbocycles. The van der Waals surface area contributed by atoms with Gasteiger partial charge in [0.15, 0.2) is 0 Å². The third kappa shape index (κ3) is 2.02. The van der Waals surface area contributed by atoms with Gasteiger partial charge in [-0.3, -0.25) is 9.69 Å². The smallest absolute Gasteiger partial charge is 0.308 e. The first kappa shape index (κ1) is 11.3. The van der Waals surface area contributed by atoms with Crippen LogP contribution in [-0.2, 0) is 4.79 Å². The van der Waals surface area contributed by atoms with Crippen LogP contribution in [0.5, 0.6) is 0 Å². The second kappa shape index (κ2) is 4.34. The molecule has 4 heteroatoms. The van der Waals surface area contributed by atoms with Crippen molar-refractivity contribution in [2.75, 3.05) is 12.3 Å². The fourth-order valence-corrected chi connectivity index (χ4v) is 4.18. The zero-order chi connectivity index (χ0) is 11.0. The number of nitrogens with zero attached hydrogens (tertiary/aromatic N) is 1. The van der Waals surface area contributed by atoms with Crippen molar-refractivity contribution in [2.24, 2.45) is 5.92 Å². The first-order valence-corrected chi connectivity index (χ1v) is 6.76. The van der Waals surface area contributed by atoms with E-state index < -0.39 is 5.97 Å². The van der Waals surface area contributed by atoms with Crippen molar-refractivity contribution in [3.63, 3.8) is 0 Å². The first-order chi connectivity index (χ1) is 7.11. The molecule has 0 aromatic heterocycles. The van der Waals surface area contributed by atoms with Gasteiger partial charge in [0, 0.05) is 17.3 Å². The van der Waals surface area contributed by atoms with Crippen LogP contribution < -0.4 is 0 Å². The molecule has 1 N–H and O–H groups in total. The van der Waals surface area contributed by atoms with Crippen LogP contribution in [0.25, 0.3) is 0 Å². The van der Waals surface area contributed by atoms with E-state index in [9.17, 15) is 4.79 Å². The van der Waals surface area contributed by atoms with E-state index in [2.05, 4.69) is 18.7 Å². The molecule has 2 rings (SSSR count). The Hall–Kier alpha value is -0.220. The topological polar surface area (TPSA) is 40.5 Å². The second-order valence-corrected chi connectivity index (χ2v) is 6.13. The molecule has 0 radical (unpaired) electrons. The predicted octanol–water partition coefficient (Wildman–Crippen LogP) is 1.68.